The van der Waals surface area contributed by atoms with Crippen molar-refractivity contribution in [1.29, 1.82) is 0 Å². The average molecular weight is 532 g/mol. The molecule has 0 radical (unpaired) electrons. The largest absolute Gasteiger partial charge is 0.493 e. The Bertz CT molecular complexity index is 1520. The van der Waals surface area contributed by atoms with E-state index in [4.69, 9.17) is 16.3 Å². The molecule has 3 aromatic rings. The van der Waals surface area contributed by atoms with E-state index in [1.165, 1.54) is 4.90 Å². The summed E-state index contributed by atoms with van der Waals surface area (Å²) < 4.78 is 5.52. The zero-order chi connectivity index (χ0) is 26.4. The molecule has 2 aliphatic heterocycles. The number of fused-ring (bicyclic) bond motifs is 1. The third kappa shape index (κ3) is 4.21. The highest BCUT2D eigenvalue weighted by Gasteiger charge is 2.53. The second-order valence-corrected chi connectivity index (χ2v) is 10.4. The van der Waals surface area contributed by atoms with Gasteiger partial charge in [-0.05, 0) is 42.9 Å². The Balaban J connectivity index is 1.44. The third-order valence-electron chi connectivity index (χ3n) is 7.57. The summed E-state index contributed by atoms with van der Waals surface area (Å²) in [4.78, 5) is 34.0. The summed E-state index contributed by atoms with van der Waals surface area (Å²) in [6.45, 7) is 1.07. The first kappa shape index (κ1) is 24.2. The molecular weight excluding hydrogens is 506 g/mol. The lowest BCUT2D eigenvalue weighted by Gasteiger charge is -2.17. The van der Waals surface area contributed by atoms with Crippen molar-refractivity contribution in [2.45, 2.75) is 31.7 Å². The molecule has 2 aromatic heterocycles. The number of anilines is 2. The Labute approximate surface area is 224 Å². The average Bonchev–Trinajstić information content (AvgIpc) is 3.40. The van der Waals surface area contributed by atoms with Crippen molar-refractivity contribution < 1.29 is 19.4 Å². The lowest BCUT2D eigenvalue weighted by atomic mass is 10.0. The number of likely N-dealkylation sites (tertiary alicyclic amines) is 1. The van der Waals surface area contributed by atoms with E-state index in [0.29, 0.717) is 58.5 Å². The minimum absolute atomic E-state index is 0.0917. The first-order valence-corrected chi connectivity index (χ1v) is 12.8. The molecule has 1 aromatic carbocycles. The van der Waals surface area contributed by atoms with Gasteiger partial charge in [0.2, 0.25) is 0 Å². The fourth-order valence-electron chi connectivity index (χ4n) is 5.45. The number of nitrogens with zero attached hydrogens (tertiary/aromatic N) is 2. The van der Waals surface area contributed by atoms with Crippen molar-refractivity contribution in [3.8, 4) is 28.8 Å². The number of methoxy groups -OCH3 is 1. The van der Waals surface area contributed by atoms with Crippen molar-refractivity contribution in [2.24, 2.45) is 5.41 Å². The molecule has 10 heteroatoms. The molecule has 2 amide bonds. The van der Waals surface area contributed by atoms with E-state index < -0.39 is 6.09 Å². The number of halogens is 1. The summed E-state index contributed by atoms with van der Waals surface area (Å²) in [5, 5.41) is 16.4. The summed E-state index contributed by atoms with van der Waals surface area (Å²) in [7, 11) is 1.54. The highest BCUT2D eigenvalue weighted by molar-refractivity contribution is 6.32. The van der Waals surface area contributed by atoms with Gasteiger partial charge in [-0.15, -0.1) is 0 Å². The molecule has 3 aliphatic rings. The Morgan fingerprint density at radius 1 is 1.34 bits per heavy atom. The SMILES string of the molecule is COc1c(Cl)cccc1Nc1c(-c2ccncc2C#C[C@H]2CC3(CC3)CN2C(=O)O)[nH]c2c1C(=O)NCC2. The number of nitrogens with one attached hydrogen (secondary N) is 3. The van der Waals surface area contributed by atoms with E-state index in [0.717, 1.165) is 30.5 Å². The maximum absolute atomic E-state index is 13.0. The van der Waals surface area contributed by atoms with Gasteiger partial charge in [-0.3, -0.25) is 14.7 Å². The van der Waals surface area contributed by atoms with E-state index in [1.807, 2.05) is 12.1 Å². The molecule has 0 unspecified atom stereocenters. The van der Waals surface area contributed by atoms with Crippen LogP contribution in [0.3, 0.4) is 0 Å². The van der Waals surface area contributed by atoms with Crippen LogP contribution in [0.4, 0.5) is 16.2 Å². The number of aromatic nitrogens is 2. The highest BCUT2D eigenvalue weighted by Crippen LogP contribution is 2.54. The number of H-pyrrole nitrogens is 1. The molecule has 1 aliphatic carbocycles. The number of carboxylic acid groups (broad SMARTS) is 1. The molecule has 4 heterocycles. The number of hydrogen-bond donors (Lipinski definition) is 4. The monoisotopic (exact) mass is 531 g/mol. The zero-order valence-electron chi connectivity index (χ0n) is 20.7. The van der Waals surface area contributed by atoms with Crippen molar-refractivity contribution in [1.82, 2.24) is 20.2 Å². The highest BCUT2D eigenvalue weighted by atomic mass is 35.5. The number of carbonyl (C=O) groups excluding carboxylic acids is 1. The Kier molecular flexibility index (Phi) is 5.92. The van der Waals surface area contributed by atoms with E-state index in [9.17, 15) is 14.7 Å². The molecule has 194 valence electrons. The lowest BCUT2D eigenvalue weighted by molar-refractivity contribution is 0.0946. The van der Waals surface area contributed by atoms with Crippen molar-refractivity contribution in [3.63, 3.8) is 0 Å². The smallest absolute Gasteiger partial charge is 0.408 e. The van der Waals surface area contributed by atoms with E-state index in [1.54, 1.807) is 31.6 Å². The standard InChI is InChI=1S/C28H26ClN5O4/c1-38-25-19(29)3-2-4-21(25)33-24-22-20(8-12-31-26(22)35)32-23(24)18-7-11-30-14-16(18)5-6-17-13-28(9-10-28)15-34(17)27(36)37/h2-4,7,11,14,17,32-33H,8-10,12-13,15H2,1H3,(H,31,35)(H,36,37)/t17-/m0/s1. The van der Waals surface area contributed by atoms with Crippen LogP contribution in [0.5, 0.6) is 5.75 Å². The minimum atomic E-state index is -0.940. The predicted molar refractivity (Wildman–Crippen MR) is 143 cm³/mol. The first-order valence-electron chi connectivity index (χ1n) is 12.5. The van der Waals surface area contributed by atoms with Gasteiger partial charge in [-0.1, -0.05) is 29.5 Å². The minimum Gasteiger partial charge on any atom is -0.493 e. The summed E-state index contributed by atoms with van der Waals surface area (Å²) in [6.07, 6.45) is 5.88. The zero-order valence-corrected chi connectivity index (χ0v) is 21.5. The van der Waals surface area contributed by atoms with Crippen LogP contribution in [0.2, 0.25) is 5.02 Å². The number of para-hydroxylation sites is 1. The molecule has 1 saturated carbocycles. The van der Waals surface area contributed by atoms with Gasteiger partial charge in [0.05, 0.1) is 46.4 Å². The van der Waals surface area contributed by atoms with E-state index in [2.05, 4.69) is 32.4 Å². The lowest BCUT2D eigenvalue weighted by Crippen LogP contribution is -2.33. The number of hydrogen-bond acceptors (Lipinski definition) is 5. The number of pyridine rings is 1. The second-order valence-electron chi connectivity index (χ2n) is 10.0. The number of carbonyl (C=O) groups is 2. The maximum Gasteiger partial charge on any atom is 0.408 e. The van der Waals surface area contributed by atoms with Crippen molar-refractivity contribution in [2.75, 3.05) is 25.5 Å². The fourth-order valence-corrected chi connectivity index (χ4v) is 5.71. The molecule has 1 saturated heterocycles. The van der Waals surface area contributed by atoms with Gasteiger partial charge in [0.1, 0.15) is 0 Å². The van der Waals surface area contributed by atoms with Crippen LogP contribution >= 0.6 is 11.6 Å². The second kappa shape index (κ2) is 9.30. The quantitative estimate of drug-likeness (QED) is 0.364. The number of ether oxygens (including phenoxy) is 1. The number of amides is 2. The van der Waals surface area contributed by atoms with Crippen LogP contribution in [0, 0.1) is 17.3 Å². The van der Waals surface area contributed by atoms with E-state index in [-0.39, 0.29) is 17.4 Å². The Morgan fingerprint density at radius 3 is 2.95 bits per heavy atom. The molecule has 9 nitrogen and oxygen atoms in total. The number of aromatic amines is 1. The molecule has 1 spiro atoms. The van der Waals surface area contributed by atoms with Gasteiger partial charge < -0.3 is 25.5 Å². The molecule has 6 rings (SSSR count). The van der Waals surface area contributed by atoms with Gasteiger partial charge in [0.15, 0.2) is 5.75 Å². The van der Waals surface area contributed by atoms with E-state index >= 15 is 0 Å². The van der Waals surface area contributed by atoms with Crippen molar-refractivity contribution >= 4 is 35.0 Å². The Morgan fingerprint density at radius 2 is 2.18 bits per heavy atom. The number of benzene rings is 1. The predicted octanol–water partition coefficient (Wildman–Crippen LogP) is 4.65. The molecule has 1 atom stereocenters. The van der Waals surface area contributed by atoms with Gasteiger partial charge in [-0.25, -0.2) is 4.79 Å². The third-order valence-corrected chi connectivity index (χ3v) is 7.87. The molecule has 38 heavy (non-hydrogen) atoms. The molecule has 0 bridgehead atoms. The van der Waals surface area contributed by atoms with Gasteiger partial charge >= 0.3 is 6.09 Å². The van der Waals surface area contributed by atoms with Gasteiger partial charge in [0, 0.05) is 43.2 Å². The summed E-state index contributed by atoms with van der Waals surface area (Å²) in [6, 6.07) is 6.84. The van der Waals surface area contributed by atoms with Crippen LogP contribution in [0.1, 0.15) is 40.9 Å². The van der Waals surface area contributed by atoms with Crippen LogP contribution < -0.4 is 15.4 Å². The molecule has 4 N–H and O–H groups in total. The van der Waals surface area contributed by atoms with Crippen LogP contribution in [0.25, 0.3) is 11.3 Å². The van der Waals surface area contributed by atoms with Crippen molar-refractivity contribution in [3.05, 3.63) is 58.5 Å². The molecule has 2 fully saturated rings. The number of rotatable bonds is 4. The van der Waals surface area contributed by atoms with Gasteiger partial charge in [0.25, 0.3) is 5.91 Å². The fraction of sp³-hybridized carbons (Fsp3) is 0.321. The summed E-state index contributed by atoms with van der Waals surface area (Å²) >= 11 is 6.36. The topological polar surface area (TPSA) is 120 Å². The van der Waals surface area contributed by atoms with Crippen LogP contribution in [0.15, 0.2) is 36.7 Å². The summed E-state index contributed by atoms with van der Waals surface area (Å²) in [5.41, 5.74) is 4.68. The maximum atomic E-state index is 13.0. The molecular formula is C28H26ClN5O4. The summed E-state index contributed by atoms with van der Waals surface area (Å²) in [5.74, 6) is 6.69. The Hall–Kier alpha value is -4.16. The van der Waals surface area contributed by atoms with Crippen LogP contribution in [-0.4, -0.2) is 58.2 Å². The first-order chi connectivity index (χ1) is 18.4. The van der Waals surface area contributed by atoms with Gasteiger partial charge in [-0.2, -0.15) is 0 Å². The van der Waals surface area contributed by atoms with Crippen LogP contribution in [-0.2, 0) is 6.42 Å². The normalized spacial score (nSPS) is 18.8.